The highest BCUT2D eigenvalue weighted by Crippen LogP contribution is 2.37. The third-order valence-corrected chi connectivity index (χ3v) is 4.90. The number of ether oxygens (including phenoxy) is 2. The quantitative estimate of drug-likeness (QED) is 0.648. The first-order valence-electron chi connectivity index (χ1n) is 6.42. The molecule has 0 saturated heterocycles. The van der Waals surface area contributed by atoms with Gasteiger partial charge in [0.25, 0.3) is 0 Å². The minimum absolute atomic E-state index is 0.285. The molecule has 0 N–H and O–H groups in total. The van der Waals surface area contributed by atoms with E-state index in [9.17, 15) is 0 Å². The Labute approximate surface area is 134 Å². The lowest BCUT2D eigenvalue weighted by Crippen LogP contribution is -1.92. The minimum atomic E-state index is 0.285. The average molecular weight is 360 g/mol. The molecule has 0 unspecified atom stereocenters. The van der Waals surface area contributed by atoms with Gasteiger partial charge in [0.15, 0.2) is 11.5 Å². The number of nitrogens with zero attached hydrogens (tertiary/aromatic N) is 1. The number of aromatic nitrogens is 1. The lowest BCUT2D eigenvalue weighted by Gasteiger charge is -2.01. The van der Waals surface area contributed by atoms with Crippen LogP contribution in [0.5, 0.6) is 11.5 Å². The Balaban J connectivity index is 1.68. The van der Waals surface area contributed by atoms with Gasteiger partial charge < -0.3 is 9.47 Å². The van der Waals surface area contributed by atoms with Crippen LogP contribution in [0.15, 0.2) is 40.9 Å². The van der Waals surface area contributed by atoms with Crippen molar-refractivity contribution in [3.8, 4) is 11.5 Å². The smallest absolute Gasteiger partial charge is 0.231 e. The van der Waals surface area contributed by atoms with Crippen LogP contribution in [-0.4, -0.2) is 11.8 Å². The van der Waals surface area contributed by atoms with Crippen LogP contribution >= 0.6 is 27.3 Å². The molecule has 2 aromatic carbocycles. The molecule has 0 saturated carbocycles. The van der Waals surface area contributed by atoms with Crippen molar-refractivity contribution in [3.63, 3.8) is 0 Å². The largest absolute Gasteiger partial charge is 0.454 e. The molecule has 1 aliphatic rings. The summed E-state index contributed by atoms with van der Waals surface area (Å²) >= 11 is 5.23. The number of hydrogen-bond donors (Lipinski definition) is 0. The fourth-order valence-corrected chi connectivity index (χ4v) is 3.51. The molecule has 0 atom stereocenters. The second-order valence-electron chi connectivity index (χ2n) is 4.58. The van der Waals surface area contributed by atoms with Crippen LogP contribution in [-0.2, 0) is 0 Å². The van der Waals surface area contributed by atoms with E-state index in [-0.39, 0.29) is 6.79 Å². The maximum atomic E-state index is 5.40. The average Bonchev–Trinajstić information content (AvgIpc) is 3.09. The molecule has 0 fully saturated rings. The van der Waals surface area contributed by atoms with E-state index >= 15 is 0 Å². The standard InChI is InChI=1S/C16H10BrNO2S/c17-11-8-14-13(19-9-20-14)7-10(11)5-6-16-18-12-3-1-2-4-15(12)21-16/h1-8H,9H2/b6-5+. The molecule has 3 aromatic rings. The summed E-state index contributed by atoms with van der Waals surface area (Å²) in [5, 5.41) is 0.987. The van der Waals surface area contributed by atoms with Gasteiger partial charge in [0.2, 0.25) is 6.79 Å². The number of thiazole rings is 1. The first-order chi connectivity index (χ1) is 10.3. The second-order valence-corrected chi connectivity index (χ2v) is 6.50. The Kier molecular flexibility index (Phi) is 3.16. The lowest BCUT2D eigenvalue weighted by atomic mass is 10.2. The summed E-state index contributed by atoms with van der Waals surface area (Å²) < 4.78 is 12.9. The molecule has 0 spiro atoms. The SMILES string of the molecule is Brc1cc2c(cc1/C=C/c1nc3ccccc3s1)OCO2. The Morgan fingerprint density at radius 1 is 1.10 bits per heavy atom. The van der Waals surface area contributed by atoms with Crippen LogP contribution in [0.25, 0.3) is 22.4 Å². The van der Waals surface area contributed by atoms with Gasteiger partial charge in [0, 0.05) is 4.47 Å². The molecule has 0 radical (unpaired) electrons. The van der Waals surface area contributed by atoms with Crippen molar-refractivity contribution < 1.29 is 9.47 Å². The third kappa shape index (κ3) is 2.43. The van der Waals surface area contributed by atoms with Crippen LogP contribution in [0.2, 0.25) is 0 Å². The zero-order valence-corrected chi connectivity index (χ0v) is 13.3. The number of benzene rings is 2. The van der Waals surface area contributed by atoms with Gasteiger partial charge in [-0.3, -0.25) is 0 Å². The molecular formula is C16H10BrNO2S. The van der Waals surface area contributed by atoms with E-state index in [1.54, 1.807) is 11.3 Å². The summed E-state index contributed by atoms with van der Waals surface area (Å²) in [5.41, 5.74) is 2.07. The van der Waals surface area contributed by atoms with E-state index in [1.165, 1.54) is 4.70 Å². The second kappa shape index (κ2) is 5.16. The van der Waals surface area contributed by atoms with Crippen LogP contribution in [0, 0.1) is 0 Å². The van der Waals surface area contributed by atoms with Gasteiger partial charge >= 0.3 is 0 Å². The molecule has 1 aromatic heterocycles. The predicted octanol–water partition coefficient (Wildman–Crippen LogP) is 4.96. The molecule has 21 heavy (non-hydrogen) atoms. The summed E-state index contributed by atoms with van der Waals surface area (Å²) in [5.74, 6) is 1.56. The fourth-order valence-electron chi connectivity index (χ4n) is 2.18. The van der Waals surface area contributed by atoms with E-state index in [0.29, 0.717) is 0 Å². The Hall–Kier alpha value is -1.85. The van der Waals surface area contributed by atoms with Gasteiger partial charge in [-0.2, -0.15) is 0 Å². The molecule has 104 valence electrons. The van der Waals surface area contributed by atoms with Crippen LogP contribution in [0.3, 0.4) is 0 Å². The zero-order valence-electron chi connectivity index (χ0n) is 10.9. The van der Waals surface area contributed by atoms with Gasteiger partial charge in [-0.25, -0.2) is 4.98 Å². The topological polar surface area (TPSA) is 31.4 Å². The Bertz CT molecular complexity index is 824. The number of hydrogen-bond acceptors (Lipinski definition) is 4. The van der Waals surface area contributed by atoms with Crippen molar-refractivity contribution in [2.45, 2.75) is 0 Å². The van der Waals surface area contributed by atoms with Gasteiger partial charge in [0.1, 0.15) is 5.01 Å². The lowest BCUT2D eigenvalue weighted by molar-refractivity contribution is 0.174. The number of halogens is 1. The first-order valence-corrected chi connectivity index (χ1v) is 8.03. The van der Waals surface area contributed by atoms with Crippen molar-refractivity contribution in [2.24, 2.45) is 0 Å². The van der Waals surface area contributed by atoms with Crippen molar-refractivity contribution in [1.82, 2.24) is 4.98 Å². The summed E-state index contributed by atoms with van der Waals surface area (Å²) in [4.78, 5) is 4.59. The van der Waals surface area contributed by atoms with Crippen molar-refractivity contribution in [2.75, 3.05) is 6.79 Å². The van der Waals surface area contributed by atoms with Crippen LogP contribution in [0.4, 0.5) is 0 Å². The Morgan fingerprint density at radius 2 is 1.90 bits per heavy atom. The maximum Gasteiger partial charge on any atom is 0.231 e. The molecular weight excluding hydrogens is 350 g/mol. The van der Waals surface area contributed by atoms with E-state index in [0.717, 1.165) is 32.1 Å². The van der Waals surface area contributed by atoms with Crippen LogP contribution in [0.1, 0.15) is 10.6 Å². The van der Waals surface area contributed by atoms with Crippen molar-refractivity contribution in [3.05, 3.63) is 51.4 Å². The van der Waals surface area contributed by atoms with Crippen molar-refractivity contribution in [1.29, 1.82) is 0 Å². The molecule has 0 aliphatic carbocycles. The highest BCUT2D eigenvalue weighted by Gasteiger charge is 2.15. The van der Waals surface area contributed by atoms with E-state index in [2.05, 4.69) is 27.0 Å². The number of para-hydroxylation sites is 1. The molecule has 2 heterocycles. The van der Waals surface area contributed by atoms with E-state index in [4.69, 9.17) is 9.47 Å². The predicted molar refractivity (Wildman–Crippen MR) is 88.8 cm³/mol. The molecule has 3 nitrogen and oxygen atoms in total. The third-order valence-electron chi connectivity index (χ3n) is 3.21. The monoisotopic (exact) mass is 359 g/mol. The summed E-state index contributed by atoms with van der Waals surface area (Å²) in [6, 6.07) is 12.0. The fraction of sp³-hybridized carbons (Fsp3) is 0.0625. The van der Waals surface area contributed by atoms with Crippen LogP contribution < -0.4 is 9.47 Å². The summed E-state index contributed by atoms with van der Waals surface area (Å²) in [6.07, 6.45) is 4.05. The normalized spacial score (nSPS) is 13.4. The molecule has 0 amide bonds. The minimum Gasteiger partial charge on any atom is -0.454 e. The molecule has 1 aliphatic heterocycles. The molecule has 0 bridgehead atoms. The van der Waals surface area contributed by atoms with Gasteiger partial charge in [-0.1, -0.05) is 34.1 Å². The summed E-state index contributed by atoms with van der Waals surface area (Å²) in [6.45, 7) is 0.285. The van der Waals surface area contributed by atoms with Crippen molar-refractivity contribution >= 4 is 49.6 Å². The first kappa shape index (κ1) is 12.9. The zero-order chi connectivity index (χ0) is 14.2. The van der Waals surface area contributed by atoms with E-state index < -0.39 is 0 Å². The van der Waals surface area contributed by atoms with Gasteiger partial charge in [-0.15, -0.1) is 11.3 Å². The summed E-state index contributed by atoms with van der Waals surface area (Å²) in [7, 11) is 0. The molecule has 4 rings (SSSR count). The number of rotatable bonds is 2. The molecule has 5 heteroatoms. The maximum absolute atomic E-state index is 5.40. The van der Waals surface area contributed by atoms with Gasteiger partial charge in [-0.05, 0) is 35.9 Å². The highest BCUT2D eigenvalue weighted by molar-refractivity contribution is 9.10. The Morgan fingerprint density at radius 3 is 2.76 bits per heavy atom. The number of fused-ring (bicyclic) bond motifs is 2. The van der Waals surface area contributed by atoms with Gasteiger partial charge in [0.05, 0.1) is 10.2 Å². The van der Waals surface area contributed by atoms with E-state index in [1.807, 2.05) is 42.5 Å². The highest BCUT2D eigenvalue weighted by atomic mass is 79.9.